The molecule has 2 nitrogen and oxygen atoms in total. The molecule has 12 heavy (non-hydrogen) atoms. The van der Waals surface area contributed by atoms with Gasteiger partial charge in [-0.05, 0) is 44.8 Å². The molecular formula is C10H19NO. The summed E-state index contributed by atoms with van der Waals surface area (Å²) < 4.78 is 0. The first-order chi connectivity index (χ1) is 5.68. The van der Waals surface area contributed by atoms with Crippen molar-refractivity contribution in [2.24, 2.45) is 0 Å². The van der Waals surface area contributed by atoms with E-state index in [1.54, 1.807) is 6.92 Å². The number of carbonyl (C=O) groups excluding carboxylic acids is 1. The van der Waals surface area contributed by atoms with Crippen LogP contribution in [0.15, 0.2) is 12.2 Å². The average Bonchev–Trinajstić information content (AvgIpc) is 2.03. The first-order valence-electron chi connectivity index (χ1n) is 4.58. The van der Waals surface area contributed by atoms with Crippen LogP contribution in [0, 0.1) is 0 Å². The molecule has 0 rings (SSSR count). The summed E-state index contributed by atoms with van der Waals surface area (Å²) in [5.41, 5.74) is 0.744. The molecule has 0 aromatic carbocycles. The summed E-state index contributed by atoms with van der Waals surface area (Å²) in [5.74, 6) is 0.116. The average molecular weight is 169 g/mol. The SMILES string of the molecule is C=C(CCCNCCC)C(C)=O. The molecule has 0 saturated heterocycles. The van der Waals surface area contributed by atoms with Gasteiger partial charge in [-0.2, -0.15) is 0 Å². The zero-order valence-electron chi connectivity index (χ0n) is 8.15. The van der Waals surface area contributed by atoms with Gasteiger partial charge in [0.05, 0.1) is 0 Å². The van der Waals surface area contributed by atoms with E-state index in [1.165, 1.54) is 0 Å². The largest absolute Gasteiger partial charge is 0.317 e. The Kier molecular flexibility index (Phi) is 6.67. The van der Waals surface area contributed by atoms with Crippen molar-refractivity contribution in [2.45, 2.75) is 33.1 Å². The molecule has 0 heterocycles. The van der Waals surface area contributed by atoms with Gasteiger partial charge in [0.15, 0.2) is 5.78 Å². The van der Waals surface area contributed by atoms with Gasteiger partial charge in [0.1, 0.15) is 0 Å². The number of allylic oxidation sites excluding steroid dienone is 1. The van der Waals surface area contributed by atoms with E-state index in [0.29, 0.717) is 0 Å². The van der Waals surface area contributed by atoms with Gasteiger partial charge in [-0.1, -0.05) is 13.5 Å². The van der Waals surface area contributed by atoms with Crippen LogP contribution in [0.5, 0.6) is 0 Å². The van der Waals surface area contributed by atoms with Gasteiger partial charge >= 0.3 is 0 Å². The maximum Gasteiger partial charge on any atom is 0.155 e. The summed E-state index contributed by atoms with van der Waals surface area (Å²) >= 11 is 0. The summed E-state index contributed by atoms with van der Waals surface area (Å²) in [6.45, 7) is 9.45. The highest BCUT2D eigenvalue weighted by molar-refractivity contribution is 5.92. The molecule has 0 aliphatic heterocycles. The van der Waals surface area contributed by atoms with Crippen LogP contribution in [-0.4, -0.2) is 18.9 Å². The third-order valence-electron chi connectivity index (χ3n) is 1.76. The molecule has 0 radical (unpaired) electrons. The number of hydrogen-bond donors (Lipinski definition) is 1. The molecule has 0 bridgehead atoms. The highest BCUT2D eigenvalue weighted by Gasteiger charge is 1.98. The van der Waals surface area contributed by atoms with Gasteiger partial charge in [-0.3, -0.25) is 4.79 Å². The summed E-state index contributed by atoms with van der Waals surface area (Å²) in [5, 5.41) is 3.28. The lowest BCUT2D eigenvalue weighted by atomic mass is 10.1. The highest BCUT2D eigenvalue weighted by atomic mass is 16.1. The first kappa shape index (κ1) is 11.4. The van der Waals surface area contributed by atoms with Crippen molar-refractivity contribution in [3.05, 3.63) is 12.2 Å². The second-order valence-corrected chi connectivity index (χ2v) is 3.01. The normalized spacial score (nSPS) is 9.83. The van der Waals surface area contributed by atoms with Gasteiger partial charge in [0.25, 0.3) is 0 Å². The van der Waals surface area contributed by atoms with E-state index in [2.05, 4.69) is 18.8 Å². The maximum atomic E-state index is 10.7. The standard InChI is InChI=1S/C10H19NO/c1-4-7-11-8-5-6-9(2)10(3)12/h11H,2,4-8H2,1,3H3. The van der Waals surface area contributed by atoms with Crippen molar-refractivity contribution in [2.75, 3.05) is 13.1 Å². The van der Waals surface area contributed by atoms with Gasteiger partial charge in [0, 0.05) is 0 Å². The third kappa shape index (κ3) is 6.10. The predicted octanol–water partition coefficient (Wildman–Crippen LogP) is 1.91. The molecule has 70 valence electrons. The van der Waals surface area contributed by atoms with Crippen LogP contribution in [-0.2, 0) is 4.79 Å². The molecule has 0 atom stereocenters. The van der Waals surface area contributed by atoms with E-state index in [4.69, 9.17) is 0 Å². The van der Waals surface area contributed by atoms with Gasteiger partial charge in [-0.25, -0.2) is 0 Å². The van der Waals surface area contributed by atoms with E-state index < -0.39 is 0 Å². The van der Waals surface area contributed by atoms with Gasteiger partial charge < -0.3 is 5.32 Å². The van der Waals surface area contributed by atoms with Crippen LogP contribution in [0.3, 0.4) is 0 Å². The summed E-state index contributed by atoms with van der Waals surface area (Å²) in [6.07, 6.45) is 3.00. The van der Waals surface area contributed by atoms with E-state index in [-0.39, 0.29) is 5.78 Å². The molecule has 0 spiro atoms. The monoisotopic (exact) mass is 169 g/mol. The number of Topliss-reactive ketones (excluding diaryl/α,β-unsaturated/α-hetero) is 1. The number of carbonyl (C=O) groups is 1. The quantitative estimate of drug-likeness (QED) is 0.466. The van der Waals surface area contributed by atoms with Crippen molar-refractivity contribution < 1.29 is 4.79 Å². The van der Waals surface area contributed by atoms with E-state index in [0.717, 1.165) is 37.9 Å². The smallest absolute Gasteiger partial charge is 0.155 e. The van der Waals surface area contributed by atoms with E-state index in [9.17, 15) is 4.79 Å². The zero-order valence-corrected chi connectivity index (χ0v) is 8.15. The Morgan fingerprint density at radius 1 is 1.42 bits per heavy atom. The summed E-state index contributed by atoms with van der Waals surface area (Å²) in [4.78, 5) is 10.7. The van der Waals surface area contributed by atoms with Crippen LogP contribution < -0.4 is 5.32 Å². The third-order valence-corrected chi connectivity index (χ3v) is 1.76. The number of ketones is 1. The van der Waals surface area contributed by atoms with Gasteiger partial charge in [0.2, 0.25) is 0 Å². The maximum absolute atomic E-state index is 10.7. The number of hydrogen-bond acceptors (Lipinski definition) is 2. The molecule has 0 aliphatic rings. The molecule has 0 aromatic heterocycles. The second-order valence-electron chi connectivity index (χ2n) is 3.01. The van der Waals surface area contributed by atoms with Crippen molar-refractivity contribution in [1.82, 2.24) is 5.32 Å². The van der Waals surface area contributed by atoms with Gasteiger partial charge in [-0.15, -0.1) is 0 Å². The van der Waals surface area contributed by atoms with Crippen LogP contribution >= 0.6 is 0 Å². The Labute approximate surface area is 75.0 Å². The zero-order chi connectivity index (χ0) is 9.40. The van der Waals surface area contributed by atoms with Crippen molar-refractivity contribution in [3.63, 3.8) is 0 Å². The molecule has 0 amide bonds. The molecule has 1 N–H and O–H groups in total. The van der Waals surface area contributed by atoms with Crippen molar-refractivity contribution in [3.8, 4) is 0 Å². The molecule has 0 fully saturated rings. The lowest BCUT2D eigenvalue weighted by Crippen LogP contribution is -2.16. The van der Waals surface area contributed by atoms with Crippen molar-refractivity contribution in [1.29, 1.82) is 0 Å². The Morgan fingerprint density at radius 3 is 2.58 bits per heavy atom. The molecule has 0 aromatic rings. The minimum Gasteiger partial charge on any atom is -0.317 e. The molecule has 0 aliphatic carbocycles. The second kappa shape index (κ2) is 7.04. The fourth-order valence-corrected chi connectivity index (χ4v) is 0.905. The Balaban J connectivity index is 3.20. The Hall–Kier alpha value is -0.630. The van der Waals surface area contributed by atoms with Crippen LogP contribution in [0.4, 0.5) is 0 Å². The molecule has 0 saturated carbocycles. The van der Waals surface area contributed by atoms with Crippen LogP contribution in [0.1, 0.15) is 33.1 Å². The fourth-order valence-electron chi connectivity index (χ4n) is 0.905. The molecule has 2 heteroatoms. The molecule has 0 unspecified atom stereocenters. The lowest BCUT2D eigenvalue weighted by Gasteiger charge is -2.02. The summed E-state index contributed by atoms with van der Waals surface area (Å²) in [6, 6.07) is 0. The Bertz CT molecular complexity index is 152. The first-order valence-corrected chi connectivity index (χ1v) is 4.58. The Morgan fingerprint density at radius 2 is 2.08 bits per heavy atom. The topological polar surface area (TPSA) is 29.1 Å². The van der Waals surface area contributed by atoms with E-state index in [1.807, 2.05) is 0 Å². The minimum atomic E-state index is 0.116. The minimum absolute atomic E-state index is 0.116. The lowest BCUT2D eigenvalue weighted by molar-refractivity contribution is -0.113. The number of nitrogens with one attached hydrogen (secondary N) is 1. The van der Waals surface area contributed by atoms with Crippen LogP contribution in [0.2, 0.25) is 0 Å². The fraction of sp³-hybridized carbons (Fsp3) is 0.700. The van der Waals surface area contributed by atoms with Crippen molar-refractivity contribution >= 4 is 5.78 Å². The molecular weight excluding hydrogens is 150 g/mol. The highest BCUT2D eigenvalue weighted by Crippen LogP contribution is 2.01. The van der Waals surface area contributed by atoms with E-state index >= 15 is 0 Å². The van der Waals surface area contributed by atoms with Crippen LogP contribution in [0.25, 0.3) is 0 Å². The summed E-state index contributed by atoms with van der Waals surface area (Å²) in [7, 11) is 0. The predicted molar refractivity (Wildman–Crippen MR) is 52.2 cm³/mol. The number of rotatable bonds is 7.